The van der Waals surface area contributed by atoms with E-state index in [-0.39, 0.29) is 132 Å². The van der Waals surface area contributed by atoms with Gasteiger partial charge in [0.1, 0.15) is 46.2 Å². The number of carbonyl (C=O) groups excluding carboxylic acids is 3. The number of alkyl halides is 1. The van der Waals surface area contributed by atoms with E-state index in [9.17, 15) is 57.9 Å². The van der Waals surface area contributed by atoms with E-state index in [1.807, 2.05) is 127 Å². The van der Waals surface area contributed by atoms with Crippen LogP contribution in [0.1, 0.15) is 118 Å². The normalized spacial score (nSPS) is 14.7. The van der Waals surface area contributed by atoms with Gasteiger partial charge in [0.25, 0.3) is 17.7 Å². The number of morpholine rings is 2. The van der Waals surface area contributed by atoms with Crippen LogP contribution in [-0.2, 0) is 78.8 Å². The predicted molar refractivity (Wildman–Crippen MR) is 503 cm³/mol. The van der Waals surface area contributed by atoms with Crippen molar-refractivity contribution in [2.45, 2.75) is 70.7 Å². The molecule has 3 amide bonds. The van der Waals surface area contributed by atoms with Gasteiger partial charge in [0.2, 0.25) is 30.1 Å². The lowest BCUT2D eigenvalue weighted by Crippen LogP contribution is -2.38. The number of aromatic nitrogens is 3. The van der Waals surface area contributed by atoms with Gasteiger partial charge in [-0.2, -0.15) is 0 Å². The summed E-state index contributed by atoms with van der Waals surface area (Å²) in [5, 5.41) is 12.6. The van der Waals surface area contributed by atoms with E-state index in [2.05, 4.69) is 19.8 Å². The number of carbonyl (C=O) groups is 3. The number of benzene rings is 10. The Morgan fingerprint density at radius 2 is 0.682 bits per heavy atom. The third-order valence-electron chi connectivity index (χ3n) is 24.3. The first-order valence-corrected chi connectivity index (χ1v) is 48.9. The van der Waals surface area contributed by atoms with Crippen LogP contribution in [0.25, 0.3) is 32.7 Å². The predicted octanol–water partition coefficient (Wildman–Crippen LogP) is 16.0. The average molecular weight is 1870 g/mol. The lowest BCUT2D eigenvalue weighted by molar-refractivity contribution is 0.0380. The minimum Gasteiger partial charge on any atom is -0.505 e. The van der Waals surface area contributed by atoms with Crippen LogP contribution in [0, 0.1) is 17.5 Å². The maximum atomic E-state index is 14.5. The van der Waals surface area contributed by atoms with Gasteiger partial charge in [-0.25, -0.2) is 38.4 Å². The van der Waals surface area contributed by atoms with Gasteiger partial charge in [0, 0.05) is 144 Å². The van der Waals surface area contributed by atoms with Crippen LogP contribution in [0.15, 0.2) is 249 Å². The zero-order valence-electron chi connectivity index (χ0n) is 73.0. The molecule has 10 aromatic carbocycles. The zero-order valence-corrected chi connectivity index (χ0v) is 76.2. The van der Waals surface area contributed by atoms with Crippen LogP contribution in [0.3, 0.4) is 0 Å². The number of phenols is 1. The maximum absolute atomic E-state index is 14.5. The Morgan fingerprint density at radius 3 is 1.00 bits per heavy atom. The molecule has 0 aliphatic carbocycles. The van der Waals surface area contributed by atoms with E-state index < -0.39 is 48.2 Å². The number of halogens is 4. The van der Waals surface area contributed by atoms with Crippen LogP contribution >= 0.6 is 11.6 Å². The molecule has 0 spiro atoms. The van der Waals surface area contributed by atoms with E-state index in [0.29, 0.717) is 119 Å². The lowest BCUT2D eigenvalue weighted by atomic mass is 9.99. The fourth-order valence-corrected chi connectivity index (χ4v) is 21.6. The number of hydrogen-bond acceptors (Lipinski definition) is 19. The molecule has 1 N–H and O–H groups in total. The molecule has 3 aromatic heterocycles. The topological polar surface area (TPSA) is 275 Å². The van der Waals surface area contributed by atoms with Crippen molar-refractivity contribution in [3.8, 4) is 17.2 Å². The molecule has 2 fully saturated rings. The molecule has 0 saturated carbocycles. The van der Waals surface area contributed by atoms with Crippen LogP contribution in [0.2, 0.25) is 0 Å². The van der Waals surface area contributed by atoms with E-state index >= 15 is 0 Å². The van der Waals surface area contributed by atoms with Crippen molar-refractivity contribution in [1.82, 2.24) is 39.5 Å². The molecule has 5 aliphatic rings. The van der Waals surface area contributed by atoms with Crippen LogP contribution in [0.5, 0.6) is 17.2 Å². The Balaban J connectivity index is 0.000000146. The number of aromatic hydroxyl groups is 1. The molecule has 132 heavy (non-hydrogen) atoms. The largest absolute Gasteiger partial charge is 0.505 e. The summed E-state index contributed by atoms with van der Waals surface area (Å²) in [6.07, 6.45) is 4.73. The summed E-state index contributed by atoms with van der Waals surface area (Å²) in [6, 6.07) is 67.2. The second-order valence-electron chi connectivity index (χ2n) is 32.8. The van der Waals surface area contributed by atoms with E-state index in [4.69, 9.17) is 35.5 Å². The van der Waals surface area contributed by atoms with E-state index in [1.165, 1.54) is 74.5 Å². The highest BCUT2D eigenvalue weighted by molar-refractivity contribution is 7.93. The van der Waals surface area contributed by atoms with Gasteiger partial charge in [-0.15, -0.1) is 11.6 Å². The van der Waals surface area contributed by atoms with Crippen molar-refractivity contribution in [2.75, 3.05) is 123 Å². The van der Waals surface area contributed by atoms with Crippen molar-refractivity contribution < 1.29 is 76.9 Å². The number of sulfonamides is 3. The van der Waals surface area contributed by atoms with Crippen molar-refractivity contribution in [3.05, 3.63) is 339 Å². The van der Waals surface area contributed by atoms with E-state index in [1.54, 1.807) is 96.0 Å². The van der Waals surface area contributed by atoms with Gasteiger partial charge in [-0.05, 0) is 144 Å². The molecule has 8 heterocycles. The number of amides is 3. The standard InChI is InChI=1S/C39H39FN4O5S.C35H31ClFN3O4S.C26H29FN4O5S/c1-42(50(46,47)25-9-20-43-21-23-48-24-22-43)36-32-14-8-19-41-35(32)38(49-37(29-10-4-2-5-11-29)30-12-6-3-7-13-30)34-33(36)27-44(39(34)45)26-28-15-17-31(40)18-16-28;1-39(45(42,43)21-9-19-36)32-28-14-8-20-38-31(28)34(44-33(25-10-4-2-5-11-25)26-12-6-3-7-13-26)30-29(32)23-40(35(30)41)22-24-15-17-27(37)18-16-24;1-29(37(34,35)15-3-10-30-11-13-36-14-12-30)24-20-4-2-9-28-23(20)25(32)22-21(24)17-31(26(22)33)16-18-5-7-19(27)8-6-18/h2-8,10-19,37H,9,20-27H2,1H3;2-8,10-18,20,33H,9,19,21-23H2,1H3;2,4-9,32H,3,10-17H2,1H3. The van der Waals surface area contributed by atoms with Gasteiger partial charge in [-0.1, -0.05) is 158 Å². The minimum absolute atomic E-state index is 0.0543. The number of rotatable bonds is 31. The summed E-state index contributed by atoms with van der Waals surface area (Å²) in [4.78, 5) is 65.1. The minimum atomic E-state index is -3.81. The van der Waals surface area contributed by atoms with Gasteiger partial charge in [0.05, 0.1) is 77.4 Å². The van der Waals surface area contributed by atoms with Crippen molar-refractivity contribution in [1.29, 1.82) is 0 Å². The average Bonchev–Trinajstić information content (AvgIpc) is 1.58. The van der Waals surface area contributed by atoms with Gasteiger partial charge >= 0.3 is 0 Å². The number of hydrogen-bond donors (Lipinski definition) is 1. The highest BCUT2D eigenvalue weighted by Gasteiger charge is 2.43. The SMILES string of the molecule is CN(c1c2c(c(O)c3ncccc13)C(=O)N(Cc1ccc(F)cc1)C2)S(=O)(=O)CCCN1CCOCC1.CN(c1c2c(c(OC(c3ccccc3)c3ccccc3)c3ncccc13)C(=O)N(Cc1ccc(F)cc1)C2)S(=O)(=O)CCCCl.CN(c1c2c(c(OC(c3ccccc3)c3ccccc3)c3ncccc13)C(=O)N(Cc1ccc(F)cc1)C2)S(=O)(=O)CCCN1CCOCC1. The molecule has 13 aromatic rings. The number of anilines is 3. The first kappa shape index (κ1) is 92.7. The summed E-state index contributed by atoms with van der Waals surface area (Å²) in [7, 11) is -6.83. The molecule has 32 heteroatoms. The number of ether oxygens (including phenoxy) is 4. The Bertz CT molecular complexity index is 6630. The first-order valence-electron chi connectivity index (χ1n) is 43.5. The molecule has 0 bridgehead atoms. The Kier molecular flexibility index (Phi) is 28.8. The molecule has 0 radical (unpaired) electrons. The molecule has 0 atom stereocenters. The molecule has 5 aliphatic heterocycles. The number of fused-ring (bicyclic) bond motifs is 6. The molecule has 18 rings (SSSR count). The van der Waals surface area contributed by atoms with Gasteiger partial charge in [-0.3, -0.25) is 52.1 Å². The summed E-state index contributed by atoms with van der Waals surface area (Å²) in [5.41, 5.74) is 9.88. The number of nitrogens with zero attached hydrogens (tertiary/aromatic N) is 11. The highest BCUT2D eigenvalue weighted by atomic mass is 35.5. The Labute approximate surface area is 770 Å². The first-order chi connectivity index (χ1) is 63.8. The molecule has 684 valence electrons. The summed E-state index contributed by atoms with van der Waals surface area (Å²) in [5.74, 6) is -1.96. The Hall–Kier alpha value is -12.6. The van der Waals surface area contributed by atoms with Crippen molar-refractivity contribution in [2.24, 2.45) is 0 Å². The second kappa shape index (κ2) is 41.0. The molecule has 2 saturated heterocycles. The smallest absolute Gasteiger partial charge is 0.258 e. The van der Waals surface area contributed by atoms with Crippen LogP contribution in [-0.4, -0.2) is 198 Å². The third kappa shape index (κ3) is 20.4. The van der Waals surface area contributed by atoms with Crippen molar-refractivity contribution in [3.63, 3.8) is 0 Å². The van der Waals surface area contributed by atoms with Crippen LogP contribution < -0.4 is 22.4 Å². The zero-order chi connectivity index (χ0) is 92.4. The van der Waals surface area contributed by atoms with Gasteiger partial charge in [0.15, 0.2) is 17.2 Å². The molecular weight excluding hydrogens is 1770 g/mol. The van der Waals surface area contributed by atoms with E-state index in [0.717, 1.165) is 65.1 Å². The summed E-state index contributed by atoms with van der Waals surface area (Å²) < 4.78 is 151. The highest BCUT2D eigenvalue weighted by Crippen LogP contribution is 2.51. The third-order valence-corrected chi connectivity index (χ3v) is 30.0. The summed E-state index contributed by atoms with van der Waals surface area (Å²) >= 11 is 5.86. The Morgan fingerprint density at radius 1 is 0.394 bits per heavy atom. The number of pyridine rings is 3. The quantitative estimate of drug-likeness (QED) is 0.0395. The maximum Gasteiger partial charge on any atom is 0.258 e. The fourth-order valence-electron chi connectivity index (χ4n) is 17.5. The lowest BCUT2D eigenvalue weighted by Gasteiger charge is -2.28. The number of phenolic OH excluding ortho intramolecular Hbond substituents is 1. The van der Waals surface area contributed by atoms with Crippen molar-refractivity contribution >= 4 is 109 Å². The second-order valence-corrected chi connectivity index (χ2v) is 39.6. The van der Waals surface area contributed by atoms with Gasteiger partial charge < -0.3 is 38.8 Å². The molecular formula is C100H99ClF3N11O14S3. The monoisotopic (exact) mass is 1870 g/mol. The fraction of sp³-hybridized carbons (Fsp3) is 0.280. The summed E-state index contributed by atoms with van der Waals surface area (Å²) in [6.45, 7) is 7.94. The molecule has 0 unspecified atom stereocenters. The van der Waals surface area contributed by atoms with Crippen LogP contribution in [0.4, 0.5) is 30.2 Å². The molecule has 25 nitrogen and oxygen atoms in total.